The van der Waals surface area contributed by atoms with E-state index in [-0.39, 0.29) is 5.56 Å². The van der Waals surface area contributed by atoms with Crippen molar-refractivity contribution in [2.24, 2.45) is 0 Å². The van der Waals surface area contributed by atoms with Gasteiger partial charge in [-0.2, -0.15) is 10.2 Å². The van der Waals surface area contributed by atoms with Crippen molar-refractivity contribution in [3.05, 3.63) is 100 Å². The van der Waals surface area contributed by atoms with E-state index in [1.807, 2.05) is 56.3 Å². The van der Waals surface area contributed by atoms with E-state index in [9.17, 15) is 4.79 Å². The molecule has 0 saturated heterocycles. The van der Waals surface area contributed by atoms with E-state index in [1.54, 1.807) is 15.6 Å². The van der Waals surface area contributed by atoms with E-state index in [1.165, 1.54) is 0 Å². The molecule has 0 fully saturated rings. The third-order valence-corrected chi connectivity index (χ3v) is 5.41. The van der Waals surface area contributed by atoms with E-state index in [2.05, 4.69) is 34.5 Å². The van der Waals surface area contributed by atoms with Crippen molar-refractivity contribution in [3.63, 3.8) is 0 Å². The van der Waals surface area contributed by atoms with Crippen LogP contribution in [0.15, 0.2) is 77.7 Å². The largest absolute Gasteiger partial charge is 0.293 e. The molecule has 0 aliphatic heterocycles. The second kappa shape index (κ2) is 6.71. The van der Waals surface area contributed by atoms with Crippen LogP contribution >= 0.6 is 0 Å². The van der Waals surface area contributed by atoms with Gasteiger partial charge in [0.05, 0.1) is 24.1 Å². The lowest BCUT2D eigenvalue weighted by Gasteiger charge is -2.11. The smallest absolute Gasteiger partial charge is 0.265 e. The van der Waals surface area contributed by atoms with Crippen molar-refractivity contribution in [2.75, 3.05) is 0 Å². The highest BCUT2D eigenvalue weighted by Crippen LogP contribution is 2.21. The molecule has 5 aromatic rings. The molecule has 0 amide bonds. The van der Waals surface area contributed by atoms with Crippen LogP contribution in [-0.2, 0) is 6.54 Å². The Kier molecular flexibility index (Phi) is 4.02. The van der Waals surface area contributed by atoms with Crippen LogP contribution in [0.1, 0.15) is 16.8 Å². The number of hydrogen-bond donors (Lipinski definition) is 0. The Balaban J connectivity index is 1.72. The van der Waals surface area contributed by atoms with Gasteiger partial charge in [0.15, 0.2) is 0 Å². The highest BCUT2D eigenvalue weighted by atomic mass is 16.1. The predicted octanol–water partition coefficient (Wildman–Crippen LogP) is 4.40. The minimum atomic E-state index is -0.140. The average Bonchev–Trinajstić information content (AvgIpc) is 3.18. The lowest BCUT2D eigenvalue weighted by atomic mass is 10.0. The molecule has 0 saturated carbocycles. The second-order valence-electron chi connectivity index (χ2n) is 7.29. The maximum absolute atomic E-state index is 13.4. The highest BCUT2D eigenvalue weighted by Gasteiger charge is 2.16. The lowest BCUT2D eigenvalue weighted by Crippen LogP contribution is -2.26. The van der Waals surface area contributed by atoms with Crippen molar-refractivity contribution in [2.45, 2.75) is 20.4 Å². The van der Waals surface area contributed by atoms with E-state index < -0.39 is 0 Å². The molecule has 142 valence electrons. The zero-order valence-corrected chi connectivity index (χ0v) is 16.3. The van der Waals surface area contributed by atoms with Crippen LogP contribution in [-0.4, -0.2) is 19.6 Å². The predicted molar refractivity (Wildman–Crippen MR) is 116 cm³/mol. The van der Waals surface area contributed by atoms with Crippen molar-refractivity contribution < 1.29 is 0 Å². The number of fused-ring (bicyclic) bond motifs is 2. The van der Waals surface area contributed by atoms with E-state index in [0.29, 0.717) is 12.1 Å². The zero-order valence-electron chi connectivity index (χ0n) is 16.3. The minimum absolute atomic E-state index is 0.140. The summed E-state index contributed by atoms with van der Waals surface area (Å²) in [4.78, 5) is 13.4. The van der Waals surface area contributed by atoms with Crippen molar-refractivity contribution in [1.82, 2.24) is 19.6 Å². The number of para-hydroxylation sites is 1. The molecule has 0 aliphatic rings. The summed E-state index contributed by atoms with van der Waals surface area (Å²) in [6.45, 7) is 4.35. The van der Waals surface area contributed by atoms with Gasteiger partial charge in [-0.1, -0.05) is 60.7 Å². The summed E-state index contributed by atoms with van der Waals surface area (Å²) in [5, 5.41) is 12.2. The quantitative estimate of drug-likeness (QED) is 0.466. The number of aromatic nitrogens is 4. The van der Waals surface area contributed by atoms with Gasteiger partial charge in [-0.25, -0.2) is 9.36 Å². The van der Waals surface area contributed by atoms with Crippen molar-refractivity contribution in [1.29, 1.82) is 0 Å². The molecule has 3 aromatic carbocycles. The van der Waals surface area contributed by atoms with Gasteiger partial charge in [0.1, 0.15) is 5.52 Å². The van der Waals surface area contributed by atoms with Crippen LogP contribution in [0.2, 0.25) is 0 Å². The first-order valence-corrected chi connectivity index (χ1v) is 9.61. The Morgan fingerprint density at radius 1 is 0.862 bits per heavy atom. The van der Waals surface area contributed by atoms with Crippen LogP contribution in [0.25, 0.3) is 27.4 Å². The van der Waals surface area contributed by atoms with E-state index in [4.69, 9.17) is 0 Å². The topological polar surface area (TPSA) is 52.7 Å². The summed E-state index contributed by atoms with van der Waals surface area (Å²) in [7, 11) is 0. The van der Waals surface area contributed by atoms with Crippen LogP contribution in [0.5, 0.6) is 0 Å². The number of benzene rings is 3. The molecule has 5 heteroatoms. The van der Waals surface area contributed by atoms with Crippen LogP contribution in [0.3, 0.4) is 0 Å². The zero-order chi connectivity index (χ0) is 20.0. The minimum Gasteiger partial charge on any atom is -0.265 e. The first-order chi connectivity index (χ1) is 14.1. The summed E-state index contributed by atoms with van der Waals surface area (Å²) in [5.74, 6) is 0. The van der Waals surface area contributed by atoms with Crippen LogP contribution in [0, 0.1) is 13.8 Å². The summed E-state index contributed by atoms with van der Waals surface area (Å²) < 4.78 is 3.29. The lowest BCUT2D eigenvalue weighted by molar-refractivity contribution is 0.637. The Morgan fingerprint density at radius 3 is 2.48 bits per heavy atom. The van der Waals surface area contributed by atoms with Gasteiger partial charge in [0.25, 0.3) is 5.56 Å². The molecule has 0 N–H and O–H groups in total. The molecule has 5 nitrogen and oxygen atoms in total. The molecular formula is C24H20N4O. The Morgan fingerprint density at radius 2 is 1.62 bits per heavy atom. The standard InChI is InChI=1S/C24H20N4O/c1-16-8-3-6-13-22(16)28-23-21(14-25-28)17(2)26-27(24(23)29)15-19-11-7-10-18-9-4-5-12-20(18)19/h3-14H,15H2,1-2H3. The van der Waals surface area contributed by atoms with Crippen LogP contribution < -0.4 is 5.56 Å². The maximum Gasteiger partial charge on any atom is 0.293 e. The number of nitrogens with zero attached hydrogens (tertiary/aromatic N) is 4. The van der Waals surface area contributed by atoms with Gasteiger partial charge < -0.3 is 0 Å². The number of hydrogen-bond acceptors (Lipinski definition) is 3. The van der Waals surface area contributed by atoms with Gasteiger partial charge in [-0.05, 0) is 41.8 Å². The molecule has 5 rings (SSSR count). The van der Waals surface area contributed by atoms with Gasteiger partial charge in [0, 0.05) is 5.39 Å². The summed E-state index contributed by atoms with van der Waals surface area (Å²) in [5.41, 5.74) is 4.25. The third-order valence-electron chi connectivity index (χ3n) is 5.41. The van der Waals surface area contributed by atoms with E-state index >= 15 is 0 Å². The maximum atomic E-state index is 13.4. The molecule has 0 atom stereocenters. The summed E-state index contributed by atoms with van der Waals surface area (Å²) >= 11 is 0. The monoisotopic (exact) mass is 380 g/mol. The van der Waals surface area contributed by atoms with Gasteiger partial charge >= 0.3 is 0 Å². The molecular weight excluding hydrogens is 360 g/mol. The summed E-state index contributed by atoms with van der Waals surface area (Å²) in [6.07, 6.45) is 1.73. The normalized spacial score (nSPS) is 11.4. The first-order valence-electron chi connectivity index (χ1n) is 9.61. The average molecular weight is 380 g/mol. The van der Waals surface area contributed by atoms with Gasteiger partial charge in [-0.15, -0.1) is 0 Å². The van der Waals surface area contributed by atoms with Gasteiger partial charge in [-0.3, -0.25) is 4.79 Å². The SMILES string of the molecule is Cc1ccccc1-n1ncc2c(C)nn(Cc3cccc4ccccc34)c(=O)c21. The van der Waals surface area contributed by atoms with Crippen molar-refractivity contribution >= 4 is 21.7 Å². The molecule has 2 heterocycles. The first kappa shape index (κ1) is 17.4. The molecule has 0 spiro atoms. The van der Waals surface area contributed by atoms with Gasteiger partial charge in [0.2, 0.25) is 0 Å². The second-order valence-corrected chi connectivity index (χ2v) is 7.29. The molecule has 0 radical (unpaired) electrons. The number of rotatable bonds is 3. The Bertz CT molecular complexity index is 1420. The van der Waals surface area contributed by atoms with Crippen molar-refractivity contribution in [3.8, 4) is 5.69 Å². The third kappa shape index (κ3) is 2.83. The van der Waals surface area contributed by atoms with E-state index in [0.717, 1.165) is 38.7 Å². The molecule has 0 unspecified atom stereocenters. The van der Waals surface area contributed by atoms with Crippen LogP contribution in [0.4, 0.5) is 0 Å². The molecule has 0 aliphatic carbocycles. The molecule has 29 heavy (non-hydrogen) atoms. The Hall–Kier alpha value is -3.73. The fraction of sp³-hybridized carbons (Fsp3) is 0.125. The molecule has 0 bridgehead atoms. The number of aryl methyl sites for hydroxylation is 2. The summed E-state index contributed by atoms with van der Waals surface area (Å²) in [6, 6.07) is 22.3. The highest BCUT2D eigenvalue weighted by molar-refractivity contribution is 5.86. The fourth-order valence-electron chi connectivity index (χ4n) is 3.90. The molecule has 2 aromatic heterocycles. The Labute approximate surface area is 167 Å². The fourth-order valence-corrected chi connectivity index (χ4v) is 3.90.